The van der Waals surface area contributed by atoms with Gasteiger partial charge in [-0.15, -0.1) is 0 Å². The molecular formula is C8H5N2Se. The summed E-state index contributed by atoms with van der Waals surface area (Å²) in [6.45, 7) is 0. The van der Waals surface area contributed by atoms with Gasteiger partial charge in [0.15, 0.2) is 0 Å². The van der Waals surface area contributed by atoms with Crippen molar-refractivity contribution in [3.8, 4) is 0 Å². The maximum atomic E-state index is 3.90. The summed E-state index contributed by atoms with van der Waals surface area (Å²) in [6, 6.07) is 8.02. The molecular weight excluding hydrogens is 203 g/mol. The minimum atomic E-state index is 0.864. The van der Waals surface area contributed by atoms with E-state index in [1.165, 1.54) is 0 Å². The van der Waals surface area contributed by atoms with Gasteiger partial charge in [0.05, 0.1) is 0 Å². The molecule has 2 rings (SSSR count). The van der Waals surface area contributed by atoms with Crippen LogP contribution >= 0.6 is 0 Å². The summed E-state index contributed by atoms with van der Waals surface area (Å²) in [5.41, 5.74) is 0. The summed E-state index contributed by atoms with van der Waals surface area (Å²) in [5.74, 6) is 0. The molecule has 0 atom stereocenters. The van der Waals surface area contributed by atoms with Gasteiger partial charge in [-0.05, 0) is 0 Å². The van der Waals surface area contributed by atoms with Crippen LogP contribution < -0.4 is 4.59 Å². The molecule has 11 heavy (non-hydrogen) atoms. The van der Waals surface area contributed by atoms with Crippen molar-refractivity contribution in [1.29, 1.82) is 0 Å². The molecule has 0 spiro atoms. The third-order valence-electron chi connectivity index (χ3n) is 1.54. The molecule has 2 nitrogen and oxygen atoms in total. The second-order valence-corrected chi connectivity index (χ2v) is 3.05. The first-order valence-electron chi connectivity index (χ1n) is 3.25. The zero-order valence-corrected chi connectivity index (χ0v) is 7.40. The van der Waals surface area contributed by atoms with Gasteiger partial charge in [0.2, 0.25) is 0 Å². The van der Waals surface area contributed by atoms with Crippen molar-refractivity contribution >= 4 is 31.4 Å². The van der Waals surface area contributed by atoms with E-state index in [-0.39, 0.29) is 0 Å². The Morgan fingerprint density at radius 1 is 1.18 bits per heavy atom. The Morgan fingerprint density at radius 3 is 2.82 bits per heavy atom. The van der Waals surface area contributed by atoms with Crippen LogP contribution in [0.2, 0.25) is 0 Å². The summed E-state index contributed by atoms with van der Waals surface area (Å²) in [4.78, 5) is 0. The predicted molar refractivity (Wildman–Crippen MR) is 44.9 cm³/mol. The quantitative estimate of drug-likeness (QED) is 0.586. The van der Waals surface area contributed by atoms with E-state index in [4.69, 9.17) is 0 Å². The summed E-state index contributed by atoms with van der Waals surface area (Å²) >= 11 is 2.87. The number of fused-ring (bicyclic) bond motifs is 1. The van der Waals surface area contributed by atoms with Crippen molar-refractivity contribution in [3.05, 3.63) is 30.5 Å². The predicted octanol–water partition coefficient (Wildman–Crippen LogP) is 0.424. The van der Waals surface area contributed by atoms with Crippen molar-refractivity contribution in [2.24, 2.45) is 0 Å². The summed E-state index contributed by atoms with van der Waals surface area (Å²) < 4.78 is 0.864. The first-order valence-corrected chi connectivity index (χ1v) is 4.11. The summed E-state index contributed by atoms with van der Waals surface area (Å²) in [5, 5.41) is 9.98. The molecule has 1 radical (unpaired) electrons. The number of hydrogen-bond acceptors (Lipinski definition) is 2. The molecule has 0 fully saturated rings. The zero-order chi connectivity index (χ0) is 7.68. The van der Waals surface area contributed by atoms with Crippen molar-refractivity contribution in [3.63, 3.8) is 0 Å². The van der Waals surface area contributed by atoms with Gasteiger partial charge in [0.25, 0.3) is 0 Å². The van der Waals surface area contributed by atoms with Gasteiger partial charge in [-0.25, -0.2) is 0 Å². The Balaban J connectivity index is 2.91. The van der Waals surface area contributed by atoms with E-state index in [0.29, 0.717) is 0 Å². The fourth-order valence-corrected chi connectivity index (χ4v) is 1.49. The second-order valence-electron chi connectivity index (χ2n) is 2.24. The van der Waals surface area contributed by atoms with Gasteiger partial charge < -0.3 is 0 Å². The number of benzene rings is 1. The number of nitrogens with zero attached hydrogens (tertiary/aromatic N) is 2. The van der Waals surface area contributed by atoms with Crippen LogP contribution in [0.1, 0.15) is 0 Å². The molecule has 1 heterocycles. The van der Waals surface area contributed by atoms with Crippen LogP contribution in [-0.2, 0) is 0 Å². The standard InChI is InChI=1S/C8H5N2Se/c11-8-7-4-2-1-3-6(7)5-9-10-8/h1-5H. The van der Waals surface area contributed by atoms with Gasteiger partial charge in [0.1, 0.15) is 0 Å². The average molecular weight is 208 g/mol. The van der Waals surface area contributed by atoms with E-state index in [9.17, 15) is 0 Å². The van der Waals surface area contributed by atoms with Crippen LogP contribution in [0, 0.1) is 0 Å². The van der Waals surface area contributed by atoms with E-state index in [1.54, 1.807) is 6.20 Å². The summed E-state index contributed by atoms with van der Waals surface area (Å²) in [7, 11) is 0. The fourth-order valence-electron chi connectivity index (χ4n) is 1.00. The van der Waals surface area contributed by atoms with Crippen LogP contribution in [0.4, 0.5) is 0 Å². The third-order valence-corrected chi connectivity index (χ3v) is 2.17. The van der Waals surface area contributed by atoms with Crippen LogP contribution in [0.15, 0.2) is 30.5 Å². The van der Waals surface area contributed by atoms with Gasteiger partial charge in [0, 0.05) is 0 Å². The van der Waals surface area contributed by atoms with Gasteiger partial charge in [-0.1, -0.05) is 0 Å². The Labute approximate surface area is 72.5 Å². The van der Waals surface area contributed by atoms with Crippen LogP contribution in [0.3, 0.4) is 0 Å². The molecule has 0 aliphatic carbocycles. The Kier molecular flexibility index (Phi) is 1.60. The Morgan fingerprint density at radius 2 is 2.00 bits per heavy atom. The molecule has 0 N–H and O–H groups in total. The molecule has 0 unspecified atom stereocenters. The molecule has 0 bridgehead atoms. The SMILES string of the molecule is [Se]c1nncc2ccccc12. The van der Waals surface area contributed by atoms with Crippen molar-refractivity contribution in [2.45, 2.75) is 0 Å². The molecule has 0 saturated carbocycles. The van der Waals surface area contributed by atoms with Crippen molar-refractivity contribution < 1.29 is 0 Å². The van der Waals surface area contributed by atoms with Gasteiger partial charge in [-0.3, -0.25) is 0 Å². The molecule has 0 amide bonds. The molecule has 1 aromatic heterocycles. The monoisotopic (exact) mass is 209 g/mol. The Hall–Kier alpha value is -0.921. The second kappa shape index (κ2) is 2.61. The van der Waals surface area contributed by atoms with Gasteiger partial charge in [-0.2, -0.15) is 0 Å². The number of hydrogen-bond donors (Lipinski definition) is 0. The molecule has 0 aliphatic heterocycles. The van der Waals surface area contributed by atoms with E-state index < -0.39 is 0 Å². The molecule has 2 aromatic rings. The topological polar surface area (TPSA) is 25.8 Å². The first kappa shape index (κ1) is 6.77. The minimum absolute atomic E-state index is 0.864. The van der Waals surface area contributed by atoms with E-state index in [1.807, 2.05) is 24.3 Å². The maximum absolute atomic E-state index is 3.90. The van der Waals surface area contributed by atoms with E-state index >= 15 is 0 Å². The molecule has 0 saturated heterocycles. The van der Waals surface area contributed by atoms with Crippen molar-refractivity contribution in [2.75, 3.05) is 0 Å². The van der Waals surface area contributed by atoms with Gasteiger partial charge >= 0.3 is 72.0 Å². The fraction of sp³-hybridized carbons (Fsp3) is 0. The zero-order valence-electron chi connectivity index (χ0n) is 5.69. The molecule has 1 aromatic carbocycles. The van der Waals surface area contributed by atoms with E-state index in [0.717, 1.165) is 15.4 Å². The average Bonchev–Trinajstić information content (AvgIpc) is 2.06. The normalized spacial score (nSPS) is 10.2. The summed E-state index contributed by atoms with van der Waals surface area (Å²) in [6.07, 6.45) is 1.76. The van der Waals surface area contributed by atoms with Crippen LogP contribution in [0.25, 0.3) is 10.8 Å². The van der Waals surface area contributed by atoms with Crippen LogP contribution in [-0.4, -0.2) is 26.2 Å². The van der Waals surface area contributed by atoms with E-state index in [2.05, 4.69) is 26.2 Å². The molecule has 0 aliphatic rings. The third kappa shape index (κ3) is 1.13. The van der Waals surface area contributed by atoms with Crippen LogP contribution in [0.5, 0.6) is 0 Å². The Bertz CT molecular complexity index is 381. The number of rotatable bonds is 0. The molecule has 53 valence electrons. The number of aromatic nitrogens is 2. The van der Waals surface area contributed by atoms with Crippen molar-refractivity contribution in [1.82, 2.24) is 10.2 Å². The molecule has 3 heteroatoms. The first-order chi connectivity index (χ1) is 5.38.